The van der Waals surface area contributed by atoms with E-state index in [0.29, 0.717) is 11.4 Å². The van der Waals surface area contributed by atoms with Crippen LogP contribution in [0.3, 0.4) is 0 Å². The van der Waals surface area contributed by atoms with E-state index in [-0.39, 0.29) is 19.3 Å². The predicted octanol–water partition coefficient (Wildman–Crippen LogP) is 0.0425. The molecule has 5 heteroatoms. The fourth-order valence-corrected chi connectivity index (χ4v) is 1.19. The van der Waals surface area contributed by atoms with Gasteiger partial charge in [0, 0.05) is 11.8 Å². The summed E-state index contributed by atoms with van der Waals surface area (Å²) < 4.78 is 5.04. The van der Waals surface area contributed by atoms with Gasteiger partial charge >= 0.3 is 0 Å². The number of hydrogen-bond donors (Lipinski definition) is 4. The van der Waals surface area contributed by atoms with E-state index in [1.807, 2.05) is 0 Å². The average Bonchev–Trinajstić information content (AvgIpc) is 2.28. The van der Waals surface area contributed by atoms with Gasteiger partial charge in [0.2, 0.25) is 0 Å². The Kier molecular flexibility index (Phi) is 4.20. The summed E-state index contributed by atoms with van der Waals surface area (Å²) >= 11 is 0. The lowest BCUT2D eigenvalue weighted by Crippen LogP contribution is -2.27. The Morgan fingerprint density at radius 3 is 2.60 bits per heavy atom. The molecule has 0 aromatic heterocycles. The van der Waals surface area contributed by atoms with Gasteiger partial charge in [-0.15, -0.1) is 0 Å². The molecule has 5 nitrogen and oxygen atoms in total. The minimum absolute atomic E-state index is 0.136. The fraction of sp³-hybridized carbons (Fsp3) is 0.400. The maximum Gasteiger partial charge on any atom is 0.143 e. The zero-order chi connectivity index (χ0) is 11.3. The van der Waals surface area contributed by atoms with E-state index in [1.165, 1.54) is 7.11 Å². The van der Waals surface area contributed by atoms with Crippen molar-refractivity contribution < 1.29 is 14.9 Å². The van der Waals surface area contributed by atoms with E-state index < -0.39 is 0 Å². The molecular weight excluding hydrogens is 196 g/mol. The van der Waals surface area contributed by atoms with Crippen molar-refractivity contribution in [2.75, 3.05) is 31.4 Å². The highest BCUT2D eigenvalue weighted by atomic mass is 16.5. The van der Waals surface area contributed by atoms with Crippen LogP contribution in [0, 0.1) is 0 Å². The number of nitrogens with two attached hydrogens (primary N) is 1. The normalized spacial score (nSPS) is 10.4. The number of ether oxygens (including phenoxy) is 1. The minimum Gasteiger partial charge on any atom is -0.495 e. The van der Waals surface area contributed by atoms with Gasteiger partial charge in [0.15, 0.2) is 0 Å². The second-order valence-electron chi connectivity index (χ2n) is 3.16. The third-order valence-corrected chi connectivity index (χ3v) is 2.05. The SMILES string of the molecule is COc1cc(NC(CO)CO)ccc1N. The minimum atomic E-state index is -0.377. The van der Waals surface area contributed by atoms with E-state index in [4.69, 9.17) is 20.7 Å². The van der Waals surface area contributed by atoms with Gasteiger partial charge in [-0.1, -0.05) is 0 Å². The van der Waals surface area contributed by atoms with Crippen molar-refractivity contribution in [1.82, 2.24) is 0 Å². The summed E-state index contributed by atoms with van der Waals surface area (Å²) in [5, 5.41) is 20.7. The molecule has 0 saturated carbocycles. The Bertz CT molecular complexity index is 314. The van der Waals surface area contributed by atoms with Gasteiger partial charge in [0.25, 0.3) is 0 Å². The summed E-state index contributed by atoms with van der Waals surface area (Å²) in [5.41, 5.74) is 6.94. The van der Waals surface area contributed by atoms with Crippen LogP contribution in [0.1, 0.15) is 0 Å². The summed E-state index contributed by atoms with van der Waals surface area (Å²) in [4.78, 5) is 0. The molecule has 0 heterocycles. The van der Waals surface area contributed by atoms with Crippen LogP contribution in [0.25, 0.3) is 0 Å². The van der Waals surface area contributed by atoms with Gasteiger partial charge in [-0.3, -0.25) is 0 Å². The molecule has 0 bridgehead atoms. The van der Waals surface area contributed by atoms with Crippen LogP contribution in [0.2, 0.25) is 0 Å². The zero-order valence-electron chi connectivity index (χ0n) is 8.60. The van der Waals surface area contributed by atoms with Crippen LogP contribution in [0.15, 0.2) is 18.2 Å². The molecule has 1 aromatic rings. The number of aliphatic hydroxyl groups is 2. The highest BCUT2D eigenvalue weighted by molar-refractivity contribution is 5.61. The van der Waals surface area contributed by atoms with Crippen molar-refractivity contribution in [2.45, 2.75) is 6.04 Å². The summed E-state index contributed by atoms with van der Waals surface area (Å²) in [6.07, 6.45) is 0. The molecule has 0 aliphatic carbocycles. The van der Waals surface area contributed by atoms with Crippen LogP contribution >= 0.6 is 0 Å². The van der Waals surface area contributed by atoms with Crippen molar-refractivity contribution in [2.24, 2.45) is 0 Å². The fourth-order valence-electron chi connectivity index (χ4n) is 1.19. The number of aliphatic hydroxyl groups excluding tert-OH is 2. The van der Waals surface area contributed by atoms with Gasteiger partial charge in [-0.25, -0.2) is 0 Å². The highest BCUT2D eigenvalue weighted by Crippen LogP contribution is 2.25. The maximum absolute atomic E-state index is 8.89. The first-order valence-electron chi connectivity index (χ1n) is 4.63. The number of methoxy groups -OCH3 is 1. The van der Waals surface area contributed by atoms with E-state index >= 15 is 0 Å². The first-order valence-corrected chi connectivity index (χ1v) is 4.63. The number of benzene rings is 1. The highest BCUT2D eigenvalue weighted by Gasteiger charge is 2.06. The Morgan fingerprint density at radius 2 is 2.07 bits per heavy atom. The largest absolute Gasteiger partial charge is 0.495 e. The molecule has 5 N–H and O–H groups in total. The molecule has 0 unspecified atom stereocenters. The van der Waals surface area contributed by atoms with Gasteiger partial charge < -0.3 is 26.0 Å². The van der Waals surface area contributed by atoms with Gasteiger partial charge in [-0.2, -0.15) is 0 Å². The Morgan fingerprint density at radius 1 is 1.40 bits per heavy atom. The van der Waals surface area contributed by atoms with Gasteiger partial charge in [0.05, 0.1) is 32.1 Å². The number of nitrogen functional groups attached to an aromatic ring is 1. The lowest BCUT2D eigenvalue weighted by molar-refractivity contribution is 0.204. The zero-order valence-corrected chi connectivity index (χ0v) is 8.60. The first-order chi connectivity index (χ1) is 7.21. The van der Waals surface area contributed by atoms with E-state index in [1.54, 1.807) is 18.2 Å². The topological polar surface area (TPSA) is 87.7 Å². The number of anilines is 2. The monoisotopic (exact) mass is 212 g/mol. The molecule has 0 radical (unpaired) electrons. The molecule has 0 fully saturated rings. The predicted molar refractivity (Wildman–Crippen MR) is 59.0 cm³/mol. The second kappa shape index (κ2) is 5.43. The first kappa shape index (κ1) is 11.6. The van der Waals surface area contributed by atoms with Crippen LogP contribution in [0.4, 0.5) is 11.4 Å². The lowest BCUT2D eigenvalue weighted by Gasteiger charge is -2.15. The standard InChI is InChI=1S/C10H16N2O3/c1-15-10-4-7(2-3-9(10)11)12-8(5-13)6-14/h2-4,8,12-14H,5-6,11H2,1H3. The average molecular weight is 212 g/mol. The van der Waals surface area contributed by atoms with Crippen LogP contribution < -0.4 is 15.8 Å². The van der Waals surface area contributed by atoms with Crippen molar-refractivity contribution in [3.63, 3.8) is 0 Å². The summed E-state index contributed by atoms with van der Waals surface area (Å²) in [6, 6.07) is 4.80. The van der Waals surface area contributed by atoms with Crippen molar-refractivity contribution >= 4 is 11.4 Å². The van der Waals surface area contributed by atoms with Crippen molar-refractivity contribution in [1.29, 1.82) is 0 Å². The van der Waals surface area contributed by atoms with Crippen molar-refractivity contribution in [3.8, 4) is 5.75 Å². The Labute approximate surface area is 88.5 Å². The molecule has 1 aromatic carbocycles. The third-order valence-electron chi connectivity index (χ3n) is 2.05. The lowest BCUT2D eigenvalue weighted by atomic mass is 10.2. The third kappa shape index (κ3) is 3.00. The van der Waals surface area contributed by atoms with Crippen molar-refractivity contribution in [3.05, 3.63) is 18.2 Å². The maximum atomic E-state index is 8.89. The van der Waals surface area contributed by atoms with Gasteiger partial charge in [0.1, 0.15) is 5.75 Å². The van der Waals surface area contributed by atoms with E-state index in [2.05, 4.69) is 5.32 Å². The quantitative estimate of drug-likeness (QED) is 0.518. The molecule has 0 aliphatic heterocycles. The Hall–Kier alpha value is -1.46. The molecule has 15 heavy (non-hydrogen) atoms. The van der Waals surface area contributed by atoms with Crippen LogP contribution in [-0.2, 0) is 0 Å². The molecular formula is C10H16N2O3. The summed E-state index contributed by atoms with van der Waals surface area (Å²) in [5.74, 6) is 0.564. The second-order valence-corrected chi connectivity index (χ2v) is 3.16. The summed E-state index contributed by atoms with van der Waals surface area (Å²) in [7, 11) is 1.53. The van der Waals surface area contributed by atoms with E-state index in [9.17, 15) is 0 Å². The Balaban J connectivity index is 2.77. The molecule has 0 atom stereocenters. The molecule has 0 amide bonds. The van der Waals surface area contributed by atoms with Gasteiger partial charge in [-0.05, 0) is 12.1 Å². The van der Waals surface area contributed by atoms with Crippen LogP contribution in [0.5, 0.6) is 5.75 Å². The smallest absolute Gasteiger partial charge is 0.143 e. The molecule has 0 saturated heterocycles. The number of rotatable bonds is 5. The summed E-state index contributed by atoms with van der Waals surface area (Å²) in [6.45, 7) is -0.271. The number of hydrogen-bond acceptors (Lipinski definition) is 5. The molecule has 1 rings (SSSR count). The molecule has 0 aliphatic rings. The number of nitrogens with one attached hydrogen (secondary N) is 1. The molecule has 0 spiro atoms. The van der Waals surface area contributed by atoms with Crippen LogP contribution in [-0.4, -0.2) is 36.6 Å². The van der Waals surface area contributed by atoms with E-state index in [0.717, 1.165) is 5.69 Å². The molecule has 84 valence electrons.